The van der Waals surface area contributed by atoms with Crippen LogP contribution < -0.4 is 40.8 Å². The minimum Gasteiger partial charge on any atom is -0.493 e. The molecule has 10 heteroatoms. The van der Waals surface area contributed by atoms with Crippen LogP contribution in [0.3, 0.4) is 0 Å². The topological polar surface area (TPSA) is 137 Å². The van der Waals surface area contributed by atoms with Crippen molar-refractivity contribution >= 4 is 24.1 Å². The maximum atomic E-state index is 12.6. The van der Waals surface area contributed by atoms with Crippen molar-refractivity contribution in [1.82, 2.24) is 9.97 Å². The fourth-order valence-electron chi connectivity index (χ4n) is 3.06. The maximum absolute atomic E-state index is 12.6. The molecule has 10 nitrogen and oxygen atoms in total. The number of rotatable bonds is 6. The van der Waals surface area contributed by atoms with Gasteiger partial charge >= 0.3 is 11.9 Å². The molecule has 0 saturated heterocycles. The van der Waals surface area contributed by atoms with E-state index < -0.39 is 23.1 Å². The highest BCUT2D eigenvalue weighted by atomic mass is 16.6. The van der Waals surface area contributed by atoms with Crippen molar-refractivity contribution in [2.45, 2.75) is 13.8 Å². The zero-order chi connectivity index (χ0) is 24.8. The van der Waals surface area contributed by atoms with Gasteiger partial charge in [0, 0.05) is 13.8 Å². The molecule has 0 unspecified atom stereocenters. The van der Waals surface area contributed by atoms with Gasteiger partial charge in [-0.3, -0.25) is 19.2 Å². The van der Waals surface area contributed by atoms with Crippen molar-refractivity contribution in [2.75, 3.05) is 14.2 Å². The molecule has 2 aromatic carbocycles. The number of hydrogen-bond acceptors (Lipinski definition) is 8. The summed E-state index contributed by atoms with van der Waals surface area (Å²) in [6.07, 6.45) is 2.92. The number of H-pyrrole nitrogens is 2. The van der Waals surface area contributed by atoms with Gasteiger partial charge in [0.2, 0.25) is 0 Å². The minimum absolute atomic E-state index is 0.0206. The van der Waals surface area contributed by atoms with Gasteiger partial charge in [-0.05, 0) is 47.5 Å². The molecule has 0 amide bonds. The molecule has 0 saturated carbocycles. The van der Waals surface area contributed by atoms with Crippen LogP contribution in [0.1, 0.15) is 25.0 Å². The zero-order valence-corrected chi connectivity index (χ0v) is 18.9. The van der Waals surface area contributed by atoms with Gasteiger partial charge in [-0.15, -0.1) is 0 Å². The van der Waals surface area contributed by atoms with Crippen LogP contribution in [-0.2, 0) is 9.59 Å². The average Bonchev–Trinajstić information content (AvgIpc) is 2.78. The number of carbonyl (C=O) groups is 2. The first-order chi connectivity index (χ1) is 16.2. The third-order valence-electron chi connectivity index (χ3n) is 4.49. The number of methoxy groups -OCH3 is 2. The summed E-state index contributed by atoms with van der Waals surface area (Å²) in [6.45, 7) is 2.54. The van der Waals surface area contributed by atoms with Crippen LogP contribution in [0.25, 0.3) is 12.2 Å². The van der Waals surface area contributed by atoms with Crippen LogP contribution in [0.5, 0.6) is 23.0 Å². The van der Waals surface area contributed by atoms with Crippen molar-refractivity contribution in [3.63, 3.8) is 0 Å². The second-order valence-corrected chi connectivity index (χ2v) is 7.03. The van der Waals surface area contributed by atoms with Crippen molar-refractivity contribution in [3.8, 4) is 23.0 Å². The van der Waals surface area contributed by atoms with E-state index in [4.69, 9.17) is 18.9 Å². The summed E-state index contributed by atoms with van der Waals surface area (Å²) in [5, 5.41) is 0.0412. The lowest BCUT2D eigenvalue weighted by Gasteiger charge is -2.08. The van der Waals surface area contributed by atoms with Gasteiger partial charge in [-0.2, -0.15) is 0 Å². The number of nitrogens with one attached hydrogen (secondary N) is 2. The number of carbonyl (C=O) groups excluding carboxylic acids is 2. The Kier molecular flexibility index (Phi) is 7.32. The fourth-order valence-corrected chi connectivity index (χ4v) is 3.06. The number of esters is 2. The van der Waals surface area contributed by atoms with Crippen molar-refractivity contribution in [3.05, 3.63) is 78.9 Å². The monoisotopic (exact) mass is 466 g/mol. The van der Waals surface area contributed by atoms with Crippen molar-refractivity contribution < 1.29 is 28.5 Å². The molecule has 0 bridgehead atoms. The van der Waals surface area contributed by atoms with Crippen LogP contribution in [-0.4, -0.2) is 36.1 Å². The summed E-state index contributed by atoms with van der Waals surface area (Å²) < 4.78 is 20.5. The lowest BCUT2D eigenvalue weighted by atomic mass is 10.2. The van der Waals surface area contributed by atoms with E-state index in [0.29, 0.717) is 22.6 Å². The number of benzene rings is 2. The van der Waals surface area contributed by atoms with Crippen molar-refractivity contribution in [1.29, 1.82) is 0 Å². The molecular formula is C24H22N2O8. The fraction of sp³-hybridized carbons (Fsp3) is 0.167. The van der Waals surface area contributed by atoms with E-state index in [1.165, 1.54) is 52.4 Å². The van der Waals surface area contributed by atoms with E-state index >= 15 is 0 Å². The van der Waals surface area contributed by atoms with Crippen LogP contribution in [0.15, 0.2) is 46.0 Å². The molecule has 0 aliphatic carbocycles. The van der Waals surface area contributed by atoms with Gasteiger partial charge in [0.15, 0.2) is 23.0 Å². The van der Waals surface area contributed by atoms with Gasteiger partial charge in [0.25, 0.3) is 11.1 Å². The quantitative estimate of drug-likeness (QED) is 0.398. The van der Waals surface area contributed by atoms with Gasteiger partial charge in [0.05, 0.1) is 14.2 Å². The molecular weight excluding hydrogens is 444 g/mol. The summed E-state index contributed by atoms with van der Waals surface area (Å²) in [4.78, 5) is 52.7. The van der Waals surface area contributed by atoms with Crippen LogP contribution >= 0.6 is 0 Å². The first-order valence-corrected chi connectivity index (χ1v) is 9.99. The second kappa shape index (κ2) is 10.3. The summed E-state index contributed by atoms with van der Waals surface area (Å²) in [5.74, 6) is 0.0458. The van der Waals surface area contributed by atoms with Gasteiger partial charge in [-0.25, -0.2) is 0 Å². The van der Waals surface area contributed by atoms with E-state index in [0.717, 1.165) is 0 Å². The second-order valence-electron chi connectivity index (χ2n) is 7.03. The molecule has 0 atom stereocenters. The van der Waals surface area contributed by atoms with Crippen molar-refractivity contribution in [2.24, 2.45) is 0 Å². The van der Waals surface area contributed by atoms with Gasteiger partial charge in [-0.1, -0.05) is 12.1 Å². The highest BCUT2D eigenvalue weighted by molar-refractivity contribution is 5.71. The highest BCUT2D eigenvalue weighted by Crippen LogP contribution is 2.29. The molecule has 34 heavy (non-hydrogen) atoms. The predicted octanol–water partition coefficient (Wildman–Crippen LogP) is 0.589. The van der Waals surface area contributed by atoms with E-state index in [2.05, 4.69) is 9.97 Å². The SMILES string of the molecule is COc1cc(C=c2[nH]c(=O)c(=Cc3ccc(OC(C)=O)c(OC)c3)[nH]c2=O)ccc1OC(C)=O. The van der Waals surface area contributed by atoms with Gasteiger partial charge in [0.1, 0.15) is 10.7 Å². The predicted molar refractivity (Wildman–Crippen MR) is 123 cm³/mol. The number of hydrogen-bond donors (Lipinski definition) is 2. The largest absolute Gasteiger partial charge is 0.493 e. The number of ether oxygens (including phenoxy) is 4. The molecule has 0 aliphatic heterocycles. The molecule has 0 spiro atoms. The number of aromatic amines is 2. The molecule has 0 fully saturated rings. The Bertz CT molecular complexity index is 1370. The van der Waals surface area contributed by atoms with E-state index in [9.17, 15) is 19.2 Å². The van der Waals surface area contributed by atoms with Crippen LogP contribution in [0.2, 0.25) is 0 Å². The molecule has 3 rings (SSSR count). The first-order valence-electron chi connectivity index (χ1n) is 9.99. The number of aromatic nitrogens is 2. The molecule has 176 valence electrons. The zero-order valence-electron chi connectivity index (χ0n) is 18.9. The summed E-state index contributed by atoms with van der Waals surface area (Å²) in [6, 6.07) is 9.38. The summed E-state index contributed by atoms with van der Waals surface area (Å²) in [5.41, 5.74) is 0.0163. The molecule has 0 radical (unpaired) electrons. The highest BCUT2D eigenvalue weighted by Gasteiger charge is 2.09. The minimum atomic E-state index is -0.530. The third-order valence-corrected chi connectivity index (χ3v) is 4.49. The van der Waals surface area contributed by atoms with Crippen LogP contribution in [0, 0.1) is 0 Å². The summed E-state index contributed by atoms with van der Waals surface area (Å²) in [7, 11) is 2.83. The van der Waals surface area contributed by atoms with E-state index in [1.54, 1.807) is 24.3 Å². The summed E-state index contributed by atoms with van der Waals surface area (Å²) >= 11 is 0. The standard InChI is InChI=1S/C24H22N2O8/c1-13(27)33-19-7-5-15(11-21(19)31-3)9-17-23(29)26-18(24(30)25-17)10-16-6-8-20(34-14(2)28)22(12-16)32-4/h5-12H,1-4H3,(H,25,30)(H,26,29). The molecule has 1 heterocycles. The molecule has 0 aliphatic rings. The Morgan fingerprint density at radius 2 is 1.06 bits per heavy atom. The molecule has 2 N–H and O–H groups in total. The first kappa shape index (κ1) is 24.1. The Labute approximate surface area is 193 Å². The molecule has 3 aromatic rings. The Morgan fingerprint density at radius 3 is 1.38 bits per heavy atom. The van der Waals surface area contributed by atoms with E-state index in [1.807, 2.05) is 0 Å². The van der Waals surface area contributed by atoms with E-state index in [-0.39, 0.29) is 22.2 Å². The lowest BCUT2D eigenvalue weighted by molar-refractivity contribution is -0.132. The Balaban J connectivity index is 2.02. The third kappa shape index (κ3) is 5.80. The Morgan fingerprint density at radius 1 is 0.676 bits per heavy atom. The normalized spacial score (nSPS) is 11.8. The van der Waals surface area contributed by atoms with Crippen LogP contribution in [0.4, 0.5) is 0 Å². The van der Waals surface area contributed by atoms with Gasteiger partial charge < -0.3 is 28.9 Å². The Hall–Kier alpha value is -4.60. The average molecular weight is 466 g/mol. The lowest BCUT2D eigenvalue weighted by Crippen LogP contribution is -2.46. The molecule has 1 aromatic heterocycles. The smallest absolute Gasteiger partial charge is 0.308 e. The maximum Gasteiger partial charge on any atom is 0.308 e.